The maximum Gasteiger partial charge on any atom is 0.226 e. The Morgan fingerprint density at radius 2 is 2.09 bits per heavy atom. The van der Waals surface area contributed by atoms with Crippen LogP contribution in [0.1, 0.15) is 0 Å². The molecule has 3 rings (SSSR count). The van der Waals surface area contributed by atoms with Crippen molar-refractivity contribution in [2.45, 2.75) is 0 Å². The number of hydrogen-bond acceptors (Lipinski definition) is 5. The van der Waals surface area contributed by atoms with Crippen LogP contribution in [0.4, 0.5) is 5.82 Å². The number of aromatic nitrogens is 2. The van der Waals surface area contributed by atoms with Gasteiger partial charge in [-0.3, -0.25) is 4.79 Å². The van der Waals surface area contributed by atoms with Crippen LogP contribution in [-0.4, -0.2) is 49.2 Å². The lowest BCUT2D eigenvalue weighted by Gasteiger charge is -2.39. The van der Waals surface area contributed by atoms with Crippen LogP contribution in [0, 0.1) is 5.92 Å². The number of amides is 1. The molecule has 2 aromatic rings. The molecule has 1 N–H and O–H groups in total. The lowest BCUT2D eigenvalue weighted by atomic mass is 9.99. The number of rotatable bonds is 6. The number of hydrogen-bond donors (Lipinski definition) is 1. The Morgan fingerprint density at radius 1 is 1.30 bits per heavy atom. The summed E-state index contributed by atoms with van der Waals surface area (Å²) in [6, 6.07) is 12.0. The molecule has 6 nitrogen and oxygen atoms in total. The Labute approximate surface area is 135 Å². The molecule has 0 aliphatic carbocycles. The minimum Gasteiger partial charge on any atom is -0.383 e. The van der Waals surface area contributed by atoms with Crippen molar-refractivity contribution < 1.29 is 9.53 Å². The summed E-state index contributed by atoms with van der Waals surface area (Å²) in [7, 11) is 1.62. The van der Waals surface area contributed by atoms with E-state index in [9.17, 15) is 4.79 Å². The molecular formula is C17H20N4O2. The van der Waals surface area contributed by atoms with Crippen molar-refractivity contribution in [3.63, 3.8) is 0 Å². The fourth-order valence-electron chi connectivity index (χ4n) is 2.54. The maximum absolute atomic E-state index is 11.9. The first-order chi connectivity index (χ1) is 11.3. The standard InChI is InChI=1S/C17H20N4O2/c1-23-8-7-18-17(22)14-10-21(11-14)16-9-15(19-12-20-16)13-5-3-2-4-6-13/h2-6,9,12,14H,7-8,10-11H2,1H3,(H,18,22). The molecule has 0 radical (unpaired) electrons. The van der Waals surface area contributed by atoms with E-state index in [1.807, 2.05) is 36.4 Å². The highest BCUT2D eigenvalue weighted by atomic mass is 16.5. The van der Waals surface area contributed by atoms with Crippen molar-refractivity contribution in [2.75, 3.05) is 38.3 Å². The van der Waals surface area contributed by atoms with Gasteiger partial charge < -0.3 is 15.0 Å². The SMILES string of the molecule is COCCNC(=O)C1CN(c2cc(-c3ccccc3)ncn2)C1. The van der Waals surface area contributed by atoms with Crippen LogP contribution in [0.15, 0.2) is 42.7 Å². The Bertz CT molecular complexity index is 657. The van der Waals surface area contributed by atoms with Crippen LogP contribution >= 0.6 is 0 Å². The topological polar surface area (TPSA) is 67.3 Å². The summed E-state index contributed by atoms with van der Waals surface area (Å²) < 4.78 is 4.93. The first kappa shape index (κ1) is 15.4. The summed E-state index contributed by atoms with van der Waals surface area (Å²) in [4.78, 5) is 22.7. The largest absolute Gasteiger partial charge is 0.383 e. The Morgan fingerprint density at radius 3 is 2.83 bits per heavy atom. The van der Waals surface area contributed by atoms with E-state index in [4.69, 9.17) is 4.74 Å². The minimum atomic E-state index is 0.0157. The predicted octanol–water partition coefficient (Wildman–Crippen LogP) is 1.34. The zero-order valence-corrected chi connectivity index (χ0v) is 13.1. The molecule has 23 heavy (non-hydrogen) atoms. The van der Waals surface area contributed by atoms with Crippen molar-refractivity contribution in [2.24, 2.45) is 5.92 Å². The fourth-order valence-corrected chi connectivity index (χ4v) is 2.54. The second-order valence-electron chi connectivity index (χ2n) is 5.51. The highest BCUT2D eigenvalue weighted by Crippen LogP contribution is 2.26. The van der Waals surface area contributed by atoms with Crippen LogP contribution < -0.4 is 10.2 Å². The lowest BCUT2D eigenvalue weighted by molar-refractivity contribution is -0.125. The van der Waals surface area contributed by atoms with Gasteiger partial charge in [0.1, 0.15) is 12.1 Å². The molecule has 1 saturated heterocycles. The van der Waals surface area contributed by atoms with E-state index in [0.29, 0.717) is 26.2 Å². The molecule has 0 atom stereocenters. The second kappa shape index (κ2) is 7.19. The van der Waals surface area contributed by atoms with Gasteiger partial charge in [-0.15, -0.1) is 0 Å². The highest BCUT2D eigenvalue weighted by Gasteiger charge is 2.33. The first-order valence-electron chi connectivity index (χ1n) is 7.67. The van der Waals surface area contributed by atoms with Crippen molar-refractivity contribution in [3.05, 3.63) is 42.7 Å². The van der Waals surface area contributed by atoms with Crippen LogP contribution in [0.2, 0.25) is 0 Å². The highest BCUT2D eigenvalue weighted by molar-refractivity contribution is 5.81. The normalized spacial score (nSPS) is 14.4. The van der Waals surface area contributed by atoms with Crippen molar-refractivity contribution in [3.8, 4) is 11.3 Å². The van der Waals surface area contributed by atoms with Gasteiger partial charge in [0.15, 0.2) is 0 Å². The van der Waals surface area contributed by atoms with Gasteiger partial charge in [-0.25, -0.2) is 9.97 Å². The van der Waals surface area contributed by atoms with Crippen LogP contribution in [0.25, 0.3) is 11.3 Å². The Balaban J connectivity index is 1.59. The smallest absolute Gasteiger partial charge is 0.226 e. The van der Waals surface area contributed by atoms with Crippen molar-refractivity contribution >= 4 is 11.7 Å². The van der Waals surface area contributed by atoms with E-state index in [0.717, 1.165) is 17.1 Å². The van der Waals surface area contributed by atoms with E-state index in [2.05, 4.69) is 20.2 Å². The van der Waals surface area contributed by atoms with Crippen molar-refractivity contribution in [1.82, 2.24) is 15.3 Å². The molecule has 0 bridgehead atoms. The van der Waals surface area contributed by atoms with E-state index < -0.39 is 0 Å². The summed E-state index contributed by atoms with van der Waals surface area (Å²) in [6.07, 6.45) is 1.57. The molecule has 1 aliphatic heterocycles. The van der Waals surface area contributed by atoms with Gasteiger partial charge in [0.2, 0.25) is 5.91 Å². The summed E-state index contributed by atoms with van der Waals surface area (Å²) in [5.41, 5.74) is 1.95. The lowest BCUT2D eigenvalue weighted by Crippen LogP contribution is -2.54. The Kier molecular flexibility index (Phi) is 4.83. The Hall–Kier alpha value is -2.47. The average Bonchev–Trinajstić information content (AvgIpc) is 2.55. The van der Waals surface area contributed by atoms with Crippen LogP contribution in [0.5, 0.6) is 0 Å². The summed E-state index contributed by atoms with van der Waals surface area (Å²) >= 11 is 0. The molecule has 0 spiro atoms. The summed E-state index contributed by atoms with van der Waals surface area (Å²) in [6.45, 7) is 2.46. The third kappa shape index (κ3) is 3.65. The molecule has 1 fully saturated rings. The number of nitrogens with zero attached hydrogens (tertiary/aromatic N) is 3. The van der Waals surface area contributed by atoms with Gasteiger partial charge in [0.25, 0.3) is 0 Å². The molecule has 6 heteroatoms. The van der Waals surface area contributed by atoms with Gasteiger partial charge in [-0.05, 0) is 0 Å². The summed E-state index contributed by atoms with van der Waals surface area (Å²) in [5, 5.41) is 2.87. The van der Waals surface area contributed by atoms with E-state index in [-0.39, 0.29) is 11.8 Å². The molecule has 1 amide bonds. The molecule has 120 valence electrons. The molecule has 1 aromatic heterocycles. The number of benzene rings is 1. The van der Waals surface area contributed by atoms with E-state index in [1.54, 1.807) is 13.4 Å². The average molecular weight is 312 g/mol. The quantitative estimate of drug-likeness (QED) is 0.815. The zero-order valence-electron chi connectivity index (χ0n) is 13.1. The third-order valence-electron chi connectivity index (χ3n) is 3.90. The molecule has 2 heterocycles. The minimum absolute atomic E-state index is 0.0157. The molecule has 1 aromatic carbocycles. The van der Waals surface area contributed by atoms with E-state index >= 15 is 0 Å². The van der Waals surface area contributed by atoms with Gasteiger partial charge in [0.05, 0.1) is 18.2 Å². The number of carbonyl (C=O) groups excluding carboxylic acids is 1. The maximum atomic E-state index is 11.9. The van der Waals surface area contributed by atoms with Crippen molar-refractivity contribution in [1.29, 1.82) is 0 Å². The molecule has 1 aliphatic rings. The number of carbonyl (C=O) groups is 1. The number of anilines is 1. The number of methoxy groups -OCH3 is 1. The molecule has 0 saturated carbocycles. The van der Waals surface area contributed by atoms with Gasteiger partial charge >= 0.3 is 0 Å². The van der Waals surface area contributed by atoms with Crippen LogP contribution in [0.3, 0.4) is 0 Å². The third-order valence-corrected chi connectivity index (χ3v) is 3.90. The van der Waals surface area contributed by atoms with Gasteiger partial charge in [-0.1, -0.05) is 30.3 Å². The first-order valence-corrected chi connectivity index (χ1v) is 7.67. The van der Waals surface area contributed by atoms with Gasteiger partial charge in [-0.2, -0.15) is 0 Å². The fraction of sp³-hybridized carbons (Fsp3) is 0.353. The number of ether oxygens (including phenoxy) is 1. The monoisotopic (exact) mass is 312 g/mol. The van der Waals surface area contributed by atoms with E-state index in [1.165, 1.54) is 0 Å². The molecule has 0 unspecified atom stereocenters. The van der Waals surface area contributed by atoms with Crippen LogP contribution in [-0.2, 0) is 9.53 Å². The number of nitrogens with one attached hydrogen (secondary N) is 1. The zero-order chi connectivity index (χ0) is 16.1. The summed E-state index contributed by atoms with van der Waals surface area (Å²) in [5.74, 6) is 0.956. The second-order valence-corrected chi connectivity index (χ2v) is 5.51. The predicted molar refractivity (Wildman–Crippen MR) is 88.1 cm³/mol. The van der Waals surface area contributed by atoms with Gasteiger partial charge in [0, 0.05) is 38.4 Å². The molecular weight excluding hydrogens is 292 g/mol.